The third kappa shape index (κ3) is 2.84. The number of aromatic hydroxyl groups is 1. The fourth-order valence-corrected chi connectivity index (χ4v) is 4.40. The molecule has 0 saturated carbocycles. The van der Waals surface area contributed by atoms with Gasteiger partial charge in [-0.25, -0.2) is 4.39 Å². The van der Waals surface area contributed by atoms with Crippen LogP contribution in [0.25, 0.3) is 22.2 Å². The highest BCUT2D eigenvalue weighted by molar-refractivity contribution is 5.86. The van der Waals surface area contributed by atoms with Crippen molar-refractivity contribution in [3.05, 3.63) is 36.5 Å². The van der Waals surface area contributed by atoms with Crippen LogP contribution in [0.5, 0.6) is 5.75 Å². The average Bonchev–Trinajstić information content (AvgIpc) is 3.13. The maximum absolute atomic E-state index is 14.8. The molecule has 7 nitrogen and oxygen atoms in total. The van der Waals surface area contributed by atoms with Gasteiger partial charge in [0.05, 0.1) is 23.4 Å². The fourth-order valence-electron chi connectivity index (χ4n) is 4.40. The van der Waals surface area contributed by atoms with E-state index >= 15 is 0 Å². The number of rotatable bonds is 3. The largest absolute Gasteiger partial charge is 0.507 e. The number of aromatic nitrogens is 4. The van der Waals surface area contributed by atoms with Crippen LogP contribution in [-0.4, -0.2) is 56.8 Å². The van der Waals surface area contributed by atoms with Gasteiger partial charge < -0.3 is 15.3 Å². The first-order valence-corrected chi connectivity index (χ1v) is 9.51. The Bertz CT molecular complexity index is 1010. The molecule has 1 aromatic carbocycles. The minimum absolute atomic E-state index is 0.0610. The second-order valence-electron chi connectivity index (χ2n) is 7.64. The number of nitrogens with one attached hydrogen (secondary N) is 1. The number of anilines is 1. The topological polar surface area (TPSA) is 87.1 Å². The molecule has 0 spiro atoms. The lowest BCUT2D eigenvalue weighted by Crippen LogP contribution is -2.55. The van der Waals surface area contributed by atoms with Gasteiger partial charge in [0.1, 0.15) is 11.9 Å². The predicted octanol–water partition coefficient (Wildman–Crippen LogP) is 2.46. The molecule has 4 atom stereocenters. The van der Waals surface area contributed by atoms with E-state index in [4.69, 9.17) is 0 Å². The minimum Gasteiger partial charge on any atom is -0.507 e. The lowest BCUT2D eigenvalue weighted by molar-refractivity contribution is 0.176. The van der Waals surface area contributed by atoms with Crippen molar-refractivity contribution in [2.45, 2.75) is 43.6 Å². The number of hydrogen-bond donors (Lipinski definition) is 2. The van der Waals surface area contributed by atoms with Crippen LogP contribution in [-0.2, 0) is 0 Å². The van der Waals surface area contributed by atoms with Crippen molar-refractivity contribution in [2.75, 3.05) is 11.9 Å². The standard InChI is InChI=1S/C20H21FN6O/c1-27(17-9-12-2-3-15(23-12)20(17)21)19-5-4-14(25-26-19)13-10-16-11(8-18(13)28)6-7-22-24-16/h4-8,10,12,15,17,20,23,28H,2-3,9H2,1H3/t12?,15?,17-,20+/m1/s1. The van der Waals surface area contributed by atoms with E-state index in [1.165, 1.54) is 0 Å². The molecule has 2 aliphatic heterocycles. The van der Waals surface area contributed by atoms with E-state index in [-0.39, 0.29) is 17.8 Å². The Hall–Kier alpha value is -2.87. The van der Waals surface area contributed by atoms with Crippen LogP contribution in [0.15, 0.2) is 36.5 Å². The first kappa shape index (κ1) is 17.2. The molecule has 4 heterocycles. The molecule has 2 N–H and O–H groups in total. The summed E-state index contributed by atoms with van der Waals surface area (Å²) in [5.41, 5.74) is 1.74. The molecule has 2 unspecified atom stereocenters. The Kier molecular flexibility index (Phi) is 4.08. The number of phenols is 1. The maximum Gasteiger partial charge on any atom is 0.151 e. The lowest BCUT2D eigenvalue weighted by atomic mass is 9.96. The van der Waals surface area contributed by atoms with Gasteiger partial charge in [0.2, 0.25) is 0 Å². The van der Waals surface area contributed by atoms with E-state index in [0.29, 0.717) is 28.6 Å². The molecular weight excluding hydrogens is 359 g/mol. The highest BCUT2D eigenvalue weighted by Crippen LogP contribution is 2.34. The van der Waals surface area contributed by atoms with Crippen LogP contribution in [0.2, 0.25) is 0 Å². The van der Waals surface area contributed by atoms with Crippen LogP contribution >= 0.6 is 0 Å². The molecule has 0 aliphatic carbocycles. The molecule has 2 bridgehead atoms. The van der Waals surface area contributed by atoms with Crippen molar-refractivity contribution in [3.63, 3.8) is 0 Å². The van der Waals surface area contributed by atoms with Gasteiger partial charge in [0, 0.05) is 30.1 Å². The summed E-state index contributed by atoms with van der Waals surface area (Å²) in [6, 6.07) is 8.89. The SMILES string of the molecule is CN(c1ccc(-c2cc3nnccc3cc2O)nn1)[C@@H]1CC2CCC(N2)[C@@H]1F. The van der Waals surface area contributed by atoms with Crippen LogP contribution in [0.4, 0.5) is 10.2 Å². The summed E-state index contributed by atoms with van der Waals surface area (Å²) in [5.74, 6) is 0.729. The van der Waals surface area contributed by atoms with Gasteiger partial charge in [-0.3, -0.25) is 0 Å². The van der Waals surface area contributed by atoms with E-state index < -0.39 is 6.17 Å². The van der Waals surface area contributed by atoms with Gasteiger partial charge in [0.25, 0.3) is 0 Å². The van der Waals surface area contributed by atoms with Gasteiger partial charge in [-0.2, -0.15) is 10.2 Å². The monoisotopic (exact) mass is 380 g/mol. The summed E-state index contributed by atoms with van der Waals surface area (Å²) >= 11 is 0. The number of fused-ring (bicyclic) bond motifs is 3. The molecule has 2 saturated heterocycles. The Balaban J connectivity index is 1.42. The van der Waals surface area contributed by atoms with Crippen molar-refractivity contribution in [3.8, 4) is 17.0 Å². The average molecular weight is 380 g/mol. The quantitative estimate of drug-likeness (QED) is 0.722. The van der Waals surface area contributed by atoms with Gasteiger partial charge >= 0.3 is 0 Å². The summed E-state index contributed by atoms with van der Waals surface area (Å²) < 4.78 is 14.8. The summed E-state index contributed by atoms with van der Waals surface area (Å²) in [6.07, 6.45) is 3.35. The van der Waals surface area contributed by atoms with Gasteiger partial charge in [-0.1, -0.05) is 0 Å². The molecule has 2 aliphatic rings. The molecule has 3 aromatic rings. The number of hydrogen-bond acceptors (Lipinski definition) is 7. The predicted molar refractivity (Wildman–Crippen MR) is 104 cm³/mol. The molecule has 8 heteroatoms. The third-order valence-corrected chi connectivity index (χ3v) is 5.97. The lowest BCUT2D eigenvalue weighted by Gasteiger charge is -2.38. The Morgan fingerprint density at radius 1 is 1.14 bits per heavy atom. The molecule has 2 fully saturated rings. The first-order valence-electron chi connectivity index (χ1n) is 9.51. The summed E-state index contributed by atoms with van der Waals surface area (Å²) in [7, 11) is 1.87. The summed E-state index contributed by atoms with van der Waals surface area (Å²) in [4.78, 5) is 1.89. The van der Waals surface area contributed by atoms with Crippen LogP contribution in [0.3, 0.4) is 0 Å². The second-order valence-corrected chi connectivity index (χ2v) is 7.64. The van der Waals surface area contributed by atoms with Gasteiger partial charge in [0.15, 0.2) is 5.82 Å². The van der Waals surface area contributed by atoms with Crippen molar-refractivity contribution in [1.82, 2.24) is 25.7 Å². The molecule has 5 rings (SSSR count). The zero-order valence-corrected chi connectivity index (χ0v) is 15.5. The van der Waals surface area contributed by atoms with Crippen LogP contribution in [0, 0.1) is 0 Å². The normalized spacial score (nSPS) is 26.5. The van der Waals surface area contributed by atoms with E-state index in [0.717, 1.165) is 24.6 Å². The Labute approximate surface area is 161 Å². The fraction of sp³-hybridized carbons (Fsp3) is 0.400. The van der Waals surface area contributed by atoms with Crippen LogP contribution in [0.1, 0.15) is 19.3 Å². The molecule has 0 amide bonds. The first-order chi connectivity index (χ1) is 13.6. The third-order valence-electron chi connectivity index (χ3n) is 5.97. The Morgan fingerprint density at radius 3 is 2.86 bits per heavy atom. The number of benzene rings is 1. The highest BCUT2D eigenvalue weighted by Gasteiger charge is 2.43. The smallest absolute Gasteiger partial charge is 0.151 e. The van der Waals surface area contributed by atoms with Crippen molar-refractivity contribution in [2.24, 2.45) is 0 Å². The van der Waals surface area contributed by atoms with Crippen molar-refractivity contribution in [1.29, 1.82) is 0 Å². The second kappa shape index (κ2) is 6.63. The number of halogens is 1. The van der Waals surface area contributed by atoms with Crippen molar-refractivity contribution >= 4 is 16.7 Å². The zero-order valence-electron chi connectivity index (χ0n) is 15.5. The number of alkyl halides is 1. The van der Waals surface area contributed by atoms with Crippen LogP contribution < -0.4 is 10.2 Å². The maximum atomic E-state index is 14.8. The van der Waals surface area contributed by atoms with Gasteiger partial charge in [-0.05, 0) is 49.6 Å². The van der Waals surface area contributed by atoms with E-state index in [1.807, 2.05) is 18.0 Å². The molecule has 2 aromatic heterocycles. The Morgan fingerprint density at radius 2 is 2.04 bits per heavy atom. The molecule has 28 heavy (non-hydrogen) atoms. The molecule has 144 valence electrons. The van der Waals surface area contributed by atoms with Gasteiger partial charge in [-0.15, -0.1) is 10.2 Å². The van der Waals surface area contributed by atoms with E-state index in [1.54, 1.807) is 30.5 Å². The van der Waals surface area contributed by atoms with E-state index in [9.17, 15) is 9.50 Å². The minimum atomic E-state index is -0.923. The number of phenolic OH excluding ortho intramolecular Hbond substituents is 1. The van der Waals surface area contributed by atoms with Crippen molar-refractivity contribution < 1.29 is 9.50 Å². The number of piperidine rings is 1. The zero-order chi connectivity index (χ0) is 19.3. The highest BCUT2D eigenvalue weighted by atomic mass is 19.1. The molecular formula is C20H21FN6O. The summed E-state index contributed by atoms with van der Waals surface area (Å²) in [6.45, 7) is 0. The number of nitrogens with zero attached hydrogens (tertiary/aromatic N) is 5. The van der Waals surface area contributed by atoms with E-state index in [2.05, 4.69) is 25.7 Å². The molecule has 0 radical (unpaired) electrons. The summed E-state index contributed by atoms with van der Waals surface area (Å²) in [5, 5.41) is 31.0.